The third-order valence-electron chi connectivity index (χ3n) is 5.21. The second-order valence-corrected chi connectivity index (χ2v) is 9.44. The maximum Gasteiger partial charge on any atom is 0.269 e. The Balaban J connectivity index is 1.87. The largest absolute Gasteiger partial charge is 0.438 e. The molecule has 0 saturated carbocycles. The number of nitrogens with zero attached hydrogens (tertiary/aromatic N) is 3. The molecule has 0 radical (unpaired) electrons. The lowest BCUT2D eigenvalue weighted by Crippen LogP contribution is -2.34. The molecule has 6 nitrogen and oxygen atoms in total. The van der Waals surface area contributed by atoms with Crippen LogP contribution in [-0.4, -0.2) is 30.6 Å². The predicted octanol–water partition coefficient (Wildman–Crippen LogP) is 4.97. The molecule has 0 unspecified atom stereocenters. The number of carbonyl (C=O) groups excluding carboxylic acids is 1. The van der Waals surface area contributed by atoms with Gasteiger partial charge >= 0.3 is 0 Å². The molecule has 0 N–H and O–H groups in total. The number of fused-ring (bicyclic) bond motifs is 1. The maximum absolute atomic E-state index is 13.4. The first-order valence-electron chi connectivity index (χ1n) is 10.4. The van der Waals surface area contributed by atoms with Crippen molar-refractivity contribution in [2.24, 2.45) is 0 Å². The minimum absolute atomic E-state index is 0.0697. The van der Waals surface area contributed by atoms with Crippen LogP contribution in [0.15, 0.2) is 52.3 Å². The van der Waals surface area contributed by atoms with Gasteiger partial charge in [0.1, 0.15) is 21.3 Å². The Hall–Kier alpha value is -2.97. The molecule has 1 aromatic carbocycles. The Kier molecular flexibility index (Phi) is 6.17. The van der Waals surface area contributed by atoms with E-state index >= 15 is 0 Å². The third kappa shape index (κ3) is 4.08. The highest BCUT2D eigenvalue weighted by Crippen LogP contribution is 2.35. The highest BCUT2D eigenvalue weighted by molar-refractivity contribution is 8.26. The zero-order valence-electron chi connectivity index (χ0n) is 18.3. The van der Waals surface area contributed by atoms with Crippen molar-refractivity contribution in [3.8, 4) is 11.6 Å². The zero-order valence-corrected chi connectivity index (χ0v) is 19.9. The number of ether oxygens (including phenoxy) is 1. The molecule has 0 atom stereocenters. The number of hydrogen-bond donors (Lipinski definition) is 0. The van der Waals surface area contributed by atoms with Gasteiger partial charge in [-0.05, 0) is 62.6 Å². The van der Waals surface area contributed by atoms with Gasteiger partial charge in [-0.25, -0.2) is 0 Å². The number of pyridine rings is 1. The van der Waals surface area contributed by atoms with Crippen LogP contribution < -0.4 is 10.3 Å². The molecule has 0 aliphatic carbocycles. The van der Waals surface area contributed by atoms with Crippen LogP contribution in [0.1, 0.15) is 37.5 Å². The zero-order chi connectivity index (χ0) is 23.0. The molecule has 2 aromatic heterocycles. The fourth-order valence-electron chi connectivity index (χ4n) is 3.45. The molecular formula is C24H23N3O3S2. The van der Waals surface area contributed by atoms with E-state index in [4.69, 9.17) is 17.0 Å². The number of thioether (sulfide) groups is 1. The Labute approximate surface area is 195 Å². The van der Waals surface area contributed by atoms with E-state index in [0.717, 1.165) is 12.0 Å². The van der Waals surface area contributed by atoms with E-state index < -0.39 is 0 Å². The molecule has 3 heterocycles. The van der Waals surface area contributed by atoms with Gasteiger partial charge in [0.25, 0.3) is 11.5 Å². The fraction of sp³-hybridized carbons (Fsp3) is 0.250. The number of aryl methyl sites for hydroxylation is 2. The summed E-state index contributed by atoms with van der Waals surface area (Å²) in [7, 11) is 0. The average molecular weight is 466 g/mol. The molecule has 1 aliphatic heterocycles. The van der Waals surface area contributed by atoms with Gasteiger partial charge in [0, 0.05) is 12.2 Å². The third-order valence-corrected chi connectivity index (χ3v) is 6.54. The number of benzene rings is 1. The molecule has 1 saturated heterocycles. The lowest BCUT2D eigenvalue weighted by molar-refractivity contribution is -0.123. The van der Waals surface area contributed by atoms with Gasteiger partial charge in [-0.1, -0.05) is 49.1 Å². The smallest absolute Gasteiger partial charge is 0.269 e. The van der Waals surface area contributed by atoms with Crippen molar-refractivity contribution in [2.75, 3.05) is 0 Å². The van der Waals surface area contributed by atoms with Crippen LogP contribution in [0.5, 0.6) is 11.6 Å². The number of hydrogen-bond acceptors (Lipinski definition) is 6. The van der Waals surface area contributed by atoms with E-state index in [2.05, 4.69) is 11.9 Å². The van der Waals surface area contributed by atoms with E-state index in [0.29, 0.717) is 20.6 Å². The van der Waals surface area contributed by atoms with E-state index in [-0.39, 0.29) is 29.0 Å². The lowest BCUT2D eigenvalue weighted by atomic mass is 10.2. The second kappa shape index (κ2) is 8.88. The molecule has 4 rings (SSSR count). The van der Waals surface area contributed by atoms with Crippen LogP contribution in [0.3, 0.4) is 0 Å². The van der Waals surface area contributed by atoms with E-state index in [9.17, 15) is 9.59 Å². The van der Waals surface area contributed by atoms with Gasteiger partial charge in [0.05, 0.1) is 4.91 Å². The number of amides is 1. The molecule has 32 heavy (non-hydrogen) atoms. The average Bonchev–Trinajstić information content (AvgIpc) is 3.05. The van der Waals surface area contributed by atoms with Crippen LogP contribution in [-0.2, 0) is 11.2 Å². The Morgan fingerprint density at radius 1 is 1.19 bits per heavy atom. The summed E-state index contributed by atoms with van der Waals surface area (Å²) in [6, 6.07) is 11.3. The number of aromatic nitrogens is 2. The van der Waals surface area contributed by atoms with Crippen molar-refractivity contribution in [3.05, 3.63) is 74.5 Å². The summed E-state index contributed by atoms with van der Waals surface area (Å²) >= 11 is 6.55. The minimum atomic E-state index is -0.311. The lowest BCUT2D eigenvalue weighted by Gasteiger charge is -2.18. The van der Waals surface area contributed by atoms with Crippen molar-refractivity contribution < 1.29 is 9.53 Å². The SMILES string of the molecule is CCc1ccc(Oc2nc3c(C)cccn3c(=O)c2/C=C2/SC(=S)N(C(C)C)C2=O)cc1. The maximum atomic E-state index is 13.4. The fourth-order valence-corrected chi connectivity index (χ4v) is 4.96. The molecule has 1 fully saturated rings. The quantitative estimate of drug-likeness (QED) is 0.392. The summed E-state index contributed by atoms with van der Waals surface area (Å²) in [6.45, 7) is 7.76. The first-order chi connectivity index (χ1) is 15.3. The molecule has 0 bridgehead atoms. The summed E-state index contributed by atoms with van der Waals surface area (Å²) in [5, 5.41) is 0. The van der Waals surface area contributed by atoms with Crippen molar-refractivity contribution >= 4 is 45.9 Å². The van der Waals surface area contributed by atoms with Crippen LogP contribution in [0, 0.1) is 6.92 Å². The van der Waals surface area contributed by atoms with Gasteiger partial charge in [0.2, 0.25) is 5.88 Å². The molecule has 0 spiro atoms. The Morgan fingerprint density at radius 2 is 1.91 bits per heavy atom. The first kappa shape index (κ1) is 22.2. The van der Waals surface area contributed by atoms with E-state index in [1.54, 1.807) is 23.2 Å². The van der Waals surface area contributed by atoms with Gasteiger partial charge < -0.3 is 4.74 Å². The van der Waals surface area contributed by atoms with E-state index in [1.165, 1.54) is 21.7 Å². The summed E-state index contributed by atoms with van der Waals surface area (Å²) in [4.78, 5) is 32.9. The summed E-state index contributed by atoms with van der Waals surface area (Å²) in [6.07, 6.45) is 4.12. The van der Waals surface area contributed by atoms with Gasteiger partial charge in [0.15, 0.2) is 0 Å². The molecule has 8 heteroatoms. The van der Waals surface area contributed by atoms with Crippen LogP contribution in [0.25, 0.3) is 11.7 Å². The standard InChI is InChI=1S/C24H23N3O3S2/c1-5-16-8-10-17(11-9-16)30-21-18(13-19-23(29)27(14(2)3)24(31)32-19)22(28)26-12-6-7-15(4)20(26)25-21/h6-14H,5H2,1-4H3/b19-13+. The number of carbonyl (C=O) groups is 1. The van der Waals surface area contributed by atoms with Crippen LogP contribution in [0.2, 0.25) is 0 Å². The highest BCUT2D eigenvalue weighted by Gasteiger charge is 2.34. The molecule has 3 aromatic rings. The van der Waals surface area contributed by atoms with Crippen molar-refractivity contribution in [2.45, 2.75) is 40.2 Å². The van der Waals surface area contributed by atoms with Crippen LogP contribution in [0.4, 0.5) is 0 Å². The predicted molar refractivity (Wildman–Crippen MR) is 132 cm³/mol. The van der Waals surface area contributed by atoms with Gasteiger partial charge in [-0.15, -0.1) is 0 Å². The topological polar surface area (TPSA) is 63.9 Å². The number of rotatable bonds is 5. The Morgan fingerprint density at radius 3 is 2.53 bits per heavy atom. The first-order valence-corrected chi connectivity index (χ1v) is 11.6. The summed E-state index contributed by atoms with van der Waals surface area (Å²) in [5.41, 5.74) is 2.42. The summed E-state index contributed by atoms with van der Waals surface area (Å²) < 4.78 is 8.00. The van der Waals surface area contributed by atoms with Gasteiger partial charge in [-0.2, -0.15) is 4.98 Å². The molecule has 164 valence electrons. The molecule has 1 amide bonds. The van der Waals surface area contributed by atoms with Gasteiger partial charge in [-0.3, -0.25) is 18.9 Å². The molecule has 1 aliphatic rings. The number of thiocarbonyl (C=S) groups is 1. The minimum Gasteiger partial charge on any atom is -0.438 e. The molecular weight excluding hydrogens is 442 g/mol. The van der Waals surface area contributed by atoms with E-state index in [1.807, 2.05) is 51.1 Å². The summed E-state index contributed by atoms with van der Waals surface area (Å²) in [5.74, 6) is 0.502. The second-order valence-electron chi connectivity index (χ2n) is 7.77. The van der Waals surface area contributed by atoms with Crippen LogP contribution >= 0.6 is 24.0 Å². The van der Waals surface area contributed by atoms with Crippen molar-refractivity contribution in [3.63, 3.8) is 0 Å². The van der Waals surface area contributed by atoms with Crippen molar-refractivity contribution in [1.29, 1.82) is 0 Å². The Bertz CT molecular complexity index is 1310. The van der Waals surface area contributed by atoms with Crippen molar-refractivity contribution in [1.82, 2.24) is 14.3 Å². The normalized spacial score (nSPS) is 15.4. The monoisotopic (exact) mass is 465 g/mol. The highest BCUT2D eigenvalue weighted by atomic mass is 32.2.